The lowest BCUT2D eigenvalue weighted by atomic mass is 9.77. The number of hydrogen-bond acceptors (Lipinski definition) is 2. The summed E-state index contributed by atoms with van der Waals surface area (Å²) in [4.78, 5) is 0. The van der Waals surface area contributed by atoms with Crippen molar-refractivity contribution in [3.8, 4) is 0 Å². The molecule has 0 radical (unpaired) electrons. The zero-order valence-corrected chi connectivity index (χ0v) is 23.0. The van der Waals surface area contributed by atoms with Crippen molar-refractivity contribution in [2.75, 3.05) is 0 Å². The molecule has 176 valence electrons. The van der Waals surface area contributed by atoms with Crippen LogP contribution in [-0.2, 0) is 4.57 Å². The van der Waals surface area contributed by atoms with E-state index >= 15 is 0 Å². The average Bonchev–Trinajstić information content (AvgIpc) is 3.24. The summed E-state index contributed by atoms with van der Waals surface area (Å²) in [6.45, 7) is 7.01. The minimum absolute atomic E-state index is 0.309. The van der Waals surface area contributed by atoms with Crippen LogP contribution in [0.3, 0.4) is 0 Å². The van der Waals surface area contributed by atoms with Crippen LogP contribution in [-0.4, -0.2) is 5.66 Å². The van der Waals surface area contributed by atoms with Crippen LogP contribution < -0.4 is 20.5 Å². The molecule has 1 saturated carbocycles. The molecule has 1 fully saturated rings. The molecule has 0 amide bonds. The first-order chi connectivity index (χ1) is 16.5. The Kier molecular flexibility index (Phi) is 7.41. The molecule has 0 spiro atoms. The van der Waals surface area contributed by atoms with Gasteiger partial charge in [-0.15, -0.1) is 11.3 Å². The molecule has 4 atom stereocenters. The van der Waals surface area contributed by atoms with Gasteiger partial charge in [-0.25, -0.2) is 0 Å². The highest BCUT2D eigenvalue weighted by Crippen LogP contribution is 2.49. The Labute approximate surface area is 210 Å². The minimum atomic E-state index is -1.96. The molecular weight excluding hydrogens is 470 g/mol. The molecule has 5 rings (SSSR count). The van der Waals surface area contributed by atoms with Crippen molar-refractivity contribution in [3.05, 3.63) is 84.9 Å². The molecule has 3 aromatic carbocycles. The van der Waals surface area contributed by atoms with Crippen molar-refractivity contribution in [1.82, 2.24) is 0 Å². The zero-order valence-electron chi connectivity index (χ0n) is 20.3. The highest BCUT2D eigenvalue weighted by atomic mass is 32.1. The van der Waals surface area contributed by atoms with E-state index in [0.29, 0.717) is 23.4 Å². The molecule has 0 saturated heterocycles. The maximum absolute atomic E-state index is 14.6. The summed E-state index contributed by atoms with van der Waals surface area (Å²) in [6.07, 6.45) is 3.59. The van der Waals surface area contributed by atoms with Crippen LogP contribution in [0.4, 0.5) is 0 Å². The summed E-state index contributed by atoms with van der Waals surface area (Å²) in [5, 5.41) is 5.31. The quantitative estimate of drug-likeness (QED) is 0.252. The number of rotatable bonds is 6. The van der Waals surface area contributed by atoms with Gasteiger partial charge >= 0.3 is 0 Å². The lowest BCUT2D eigenvalue weighted by Crippen LogP contribution is -2.34. The topological polar surface area (TPSA) is 17.1 Å². The largest absolute Gasteiger partial charge is 0.321 e. The fourth-order valence-electron chi connectivity index (χ4n) is 5.65. The number of hydrogen-bond donors (Lipinski definition) is 0. The predicted molar refractivity (Wildman–Crippen MR) is 154 cm³/mol. The van der Waals surface area contributed by atoms with E-state index in [-0.39, 0.29) is 0 Å². The summed E-state index contributed by atoms with van der Waals surface area (Å²) >= 11 is 1.81. The SMILES string of the molecule is CC(C)[C@@H]1CC[C@@H](C)CC1[PH](=O)c1sc2ccccc2c1P(c1ccccc1)c1ccccc1. The summed E-state index contributed by atoms with van der Waals surface area (Å²) < 4.78 is 17.1. The van der Waals surface area contributed by atoms with E-state index in [1.165, 1.54) is 43.5 Å². The first kappa shape index (κ1) is 24.0. The van der Waals surface area contributed by atoms with E-state index in [2.05, 4.69) is 106 Å². The van der Waals surface area contributed by atoms with Gasteiger partial charge in [-0.05, 0) is 55.2 Å². The fraction of sp³-hybridized carbons (Fsp3) is 0.333. The maximum Gasteiger partial charge on any atom is 0.117 e. The van der Waals surface area contributed by atoms with Gasteiger partial charge < -0.3 is 4.57 Å². The summed E-state index contributed by atoms with van der Waals surface area (Å²) in [5.74, 6) is 1.80. The second-order valence-corrected chi connectivity index (χ2v) is 15.6. The van der Waals surface area contributed by atoms with Crippen LogP contribution in [0, 0.1) is 17.8 Å². The van der Waals surface area contributed by atoms with E-state index in [1.54, 1.807) is 0 Å². The van der Waals surface area contributed by atoms with E-state index in [4.69, 9.17) is 0 Å². The Hall–Kier alpha value is -1.72. The number of fused-ring (bicyclic) bond motifs is 1. The maximum atomic E-state index is 14.6. The van der Waals surface area contributed by atoms with Crippen molar-refractivity contribution >= 4 is 57.7 Å². The van der Waals surface area contributed by atoms with Crippen molar-refractivity contribution in [1.29, 1.82) is 0 Å². The zero-order chi connectivity index (χ0) is 23.7. The van der Waals surface area contributed by atoms with Crippen LogP contribution in [0.15, 0.2) is 84.9 Å². The molecule has 4 heteroatoms. The van der Waals surface area contributed by atoms with Gasteiger partial charge in [0.25, 0.3) is 0 Å². The molecule has 1 heterocycles. The van der Waals surface area contributed by atoms with Crippen LogP contribution in [0.1, 0.15) is 40.0 Å². The second kappa shape index (κ2) is 10.5. The molecule has 0 N–H and O–H groups in total. The first-order valence-corrected chi connectivity index (χ1v) is 16.1. The van der Waals surface area contributed by atoms with E-state index < -0.39 is 15.7 Å². The normalized spacial score (nSPS) is 21.9. The van der Waals surface area contributed by atoms with Crippen molar-refractivity contribution in [2.45, 2.75) is 45.7 Å². The molecule has 1 aromatic heterocycles. The third kappa shape index (κ3) is 4.70. The van der Waals surface area contributed by atoms with Crippen LogP contribution in [0.2, 0.25) is 0 Å². The molecule has 1 aliphatic rings. The Balaban J connectivity index is 1.72. The molecule has 0 bridgehead atoms. The predicted octanol–water partition coefficient (Wildman–Crippen LogP) is 7.31. The Morgan fingerprint density at radius 2 is 1.44 bits per heavy atom. The van der Waals surface area contributed by atoms with E-state index in [9.17, 15) is 4.57 Å². The standard InChI is InChI=1S/C30H34OP2S/c1-21(2)25-19-18-22(3)20-27(25)33(31)30-29(26-16-10-11-17-28(26)34-30)32(23-12-6-4-7-13-23)24-14-8-5-9-15-24/h4-17,21-22,25,27,33H,18-20H2,1-3H3/t22-,25+,27?/m1/s1. The molecular formula is C30H34OP2S. The number of benzene rings is 3. The van der Waals surface area contributed by atoms with Gasteiger partial charge in [0.05, 0.1) is 4.62 Å². The fourth-order valence-corrected chi connectivity index (χ4v) is 13.5. The van der Waals surface area contributed by atoms with Crippen molar-refractivity contribution in [2.24, 2.45) is 17.8 Å². The van der Waals surface area contributed by atoms with Gasteiger partial charge in [-0.3, -0.25) is 0 Å². The van der Waals surface area contributed by atoms with Gasteiger partial charge in [-0.2, -0.15) is 0 Å². The van der Waals surface area contributed by atoms with Gasteiger partial charge in [0.1, 0.15) is 7.80 Å². The smallest absolute Gasteiger partial charge is 0.117 e. The molecule has 2 unspecified atom stereocenters. The van der Waals surface area contributed by atoms with Crippen LogP contribution in [0.5, 0.6) is 0 Å². The third-order valence-electron chi connectivity index (χ3n) is 7.40. The monoisotopic (exact) mass is 504 g/mol. The van der Waals surface area contributed by atoms with Crippen molar-refractivity contribution in [3.63, 3.8) is 0 Å². The Morgan fingerprint density at radius 1 is 0.853 bits per heavy atom. The second-order valence-electron chi connectivity index (χ2n) is 10.1. The van der Waals surface area contributed by atoms with Gasteiger partial charge in [0.2, 0.25) is 0 Å². The molecule has 34 heavy (non-hydrogen) atoms. The minimum Gasteiger partial charge on any atom is -0.321 e. The molecule has 1 nitrogen and oxygen atoms in total. The Bertz CT molecular complexity index is 1230. The van der Waals surface area contributed by atoms with Crippen LogP contribution in [0.25, 0.3) is 10.1 Å². The average molecular weight is 505 g/mol. The number of thiophene rings is 1. The Morgan fingerprint density at radius 3 is 2.06 bits per heavy atom. The lowest BCUT2D eigenvalue weighted by molar-refractivity contribution is 0.239. The molecule has 4 aromatic rings. The van der Waals surface area contributed by atoms with Crippen molar-refractivity contribution < 1.29 is 4.57 Å². The van der Waals surface area contributed by atoms with Crippen LogP contribution >= 0.6 is 27.1 Å². The first-order valence-electron chi connectivity index (χ1n) is 12.5. The van der Waals surface area contributed by atoms with E-state index in [1.807, 2.05) is 11.3 Å². The van der Waals surface area contributed by atoms with Gasteiger partial charge in [-0.1, -0.05) is 106 Å². The van der Waals surface area contributed by atoms with E-state index in [0.717, 1.165) is 6.42 Å². The molecule has 1 aliphatic carbocycles. The summed E-state index contributed by atoms with van der Waals surface area (Å²) in [5.41, 5.74) is 0.309. The van der Waals surface area contributed by atoms with Gasteiger partial charge in [0.15, 0.2) is 0 Å². The highest BCUT2D eigenvalue weighted by molar-refractivity contribution is 7.83. The molecule has 0 aliphatic heterocycles. The van der Waals surface area contributed by atoms with Gasteiger partial charge in [0, 0.05) is 21.0 Å². The lowest BCUT2D eigenvalue weighted by Gasteiger charge is -2.37. The highest BCUT2D eigenvalue weighted by Gasteiger charge is 2.37. The third-order valence-corrected chi connectivity index (χ3v) is 14.2. The summed E-state index contributed by atoms with van der Waals surface area (Å²) in [7, 11) is -2.75. The summed E-state index contributed by atoms with van der Waals surface area (Å²) in [6, 6.07) is 30.5.